The zero-order valence-corrected chi connectivity index (χ0v) is 13.3. The second kappa shape index (κ2) is 6.37. The molecule has 5 nitrogen and oxygen atoms in total. The first kappa shape index (κ1) is 15.0. The summed E-state index contributed by atoms with van der Waals surface area (Å²) in [5, 5.41) is 5.39. The number of aromatic nitrogens is 3. The van der Waals surface area contributed by atoms with E-state index in [1.165, 1.54) is 4.88 Å². The SMILES string of the molecule is CCOc1nc(Cl)nc(NCC(C)(C)c2cccs2)n1. The van der Waals surface area contributed by atoms with Crippen LogP contribution in [-0.2, 0) is 5.41 Å². The Kier molecular flexibility index (Phi) is 4.77. The highest BCUT2D eigenvalue weighted by molar-refractivity contribution is 7.10. The highest BCUT2D eigenvalue weighted by Gasteiger charge is 2.22. The van der Waals surface area contributed by atoms with Gasteiger partial charge in [-0.15, -0.1) is 11.3 Å². The van der Waals surface area contributed by atoms with E-state index in [9.17, 15) is 0 Å². The third-order valence-electron chi connectivity index (χ3n) is 2.74. The van der Waals surface area contributed by atoms with E-state index in [2.05, 4.69) is 51.6 Å². The number of ether oxygens (including phenoxy) is 1. The van der Waals surface area contributed by atoms with Gasteiger partial charge in [0.2, 0.25) is 11.2 Å². The molecular weight excluding hydrogens is 296 g/mol. The minimum absolute atomic E-state index is 0.0148. The molecular formula is C13H17ClN4OS. The zero-order valence-electron chi connectivity index (χ0n) is 11.7. The molecule has 0 atom stereocenters. The number of thiophene rings is 1. The van der Waals surface area contributed by atoms with Crippen molar-refractivity contribution in [3.05, 3.63) is 27.7 Å². The van der Waals surface area contributed by atoms with Crippen molar-refractivity contribution >= 4 is 28.9 Å². The summed E-state index contributed by atoms with van der Waals surface area (Å²) in [7, 11) is 0. The molecule has 1 N–H and O–H groups in total. The van der Waals surface area contributed by atoms with E-state index in [1.54, 1.807) is 11.3 Å². The molecule has 0 aliphatic carbocycles. The van der Waals surface area contributed by atoms with Gasteiger partial charge in [-0.05, 0) is 30.0 Å². The van der Waals surface area contributed by atoms with Crippen LogP contribution in [0.1, 0.15) is 25.6 Å². The van der Waals surface area contributed by atoms with Gasteiger partial charge in [0, 0.05) is 16.8 Å². The fraction of sp³-hybridized carbons (Fsp3) is 0.462. The molecule has 2 heterocycles. The molecule has 0 saturated carbocycles. The van der Waals surface area contributed by atoms with Gasteiger partial charge in [0.1, 0.15) is 0 Å². The highest BCUT2D eigenvalue weighted by Crippen LogP contribution is 2.27. The Balaban J connectivity index is 2.07. The molecule has 7 heteroatoms. The summed E-state index contributed by atoms with van der Waals surface area (Å²) in [6.45, 7) is 7.38. The van der Waals surface area contributed by atoms with Crippen LogP contribution in [0.3, 0.4) is 0 Å². The van der Waals surface area contributed by atoms with Gasteiger partial charge in [-0.1, -0.05) is 19.9 Å². The predicted octanol–water partition coefficient (Wildman–Crippen LogP) is 3.37. The van der Waals surface area contributed by atoms with Gasteiger partial charge >= 0.3 is 6.01 Å². The number of hydrogen-bond acceptors (Lipinski definition) is 6. The summed E-state index contributed by atoms with van der Waals surface area (Å²) in [4.78, 5) is 13.4. The lowest BCUT2D eigenvalue weighted by Crippen LogP contribution is -2.27. The normalized spacial score (nSPS) is 11.4. The van der Waals surface area contributed by atoms with Crippen LogP contribution in [0.15, 0.2) is 17.5 Å². The Morgan fingerprint density at radius 3 is 2.80 bits per heavy atom. The van der Waals surface area contributed by atoms with E-state index in [4.69, 9.17) is 16.3 Å². The van der Waals surface area contributed by atoms with Crippen molar-refractivity contribution in [3.8, 4) is 6.01 Å². The lowest BCUT2D eigenvalue weighted by Gasteiger charge is -2.23. The van der Waals surface area contributed by atoms with Crippen molar-refractivity contribution in [2.24, 2.45) is 0 Å². The fourth-order valence-electron chi connectivity index (χ4n) is 1.66. The van der Waals surface area contributed by atoms with Crippen LogP contribution in [0.5, 0.6) is 6.01 Å². The molecule has 0 aliphatic heterocycles. The smallest absolute Gasteiger partial charge is 0.322 e. The first-order valence-corrected chi connectivity index (χ1v) is 7.59. The largest absolute Gasteiger partial charge is 0.464 e. The number of halogens is 1. The van der Waals surface area contributed by atoms with Crippen molar-refractivity contribution < 1.29 is 4.74 Å². The van der Waals surface area contributed by atoms with Crippen molar-refractivity contribution in [1.82, 2.24) is 15.0 Å². The van der Waals surface area contributed by atoms with E-state index >= 15 is 0 Å². The molecule has 0 unspecified atom stereocenters. The molecule has 0 bridgehead atoms. The average Bonchev–Trinajstić information content (AvgIpc) is 2.91. The monoisotopic (exact) mass is 312 g/mol. The number of anilines is 1. The summed E-state index contributed by atoms with van der Waals surface area (Å²) < 4.78 is 5.25. The third-order valence-corrected chi connectivity index (χ3v) is 4.14. The van der Waals surface area contributed by atoms with E-state index in [-0.39, 0.29) is 16.7 Å². The van der Waals surface area contributed by atoms with Crippen molar-refractivity contribution in [1.29, 1.82) is 0 Å². The molecule has 108 valence electrons. The van der Waals surface area contributed by atoms with Crippen LogP contribution in [0.2, 0.25) is 5.28 Å². The number of nitrogens with zero attached hydrogens (tertiary/aromatic N) is 3. The Morgan fingerprint density at radius 1 is 1.35 bits per heavy atom. The predicted molar refractivity (Wildman–Crippen MR) is 81.8 cm³/mol. The Labute approximate surface area is 127 Å². The topological polar surface area (TPSA) is 59.9 Å². The van der Waals surface area contributed by atoms with Gasteiger partial charge in [-0.25, -0.2) is 0 Å². The molecule has 2 aromatic heterocycles. The first-order valence-electron chi connectivity index (χ1n) is 6.33. The molecule has 0 aromatic carbocycles. The molecule has 0 amide bonds. The van der Waals surface area contributed by atoms with Gasteiger partial charge in [-0.2, -0.15) is 15.0 Å². The maximum Gasteiger partial charge on any atom is 0.322 e. The minimum Gasteiger partial charge on any atom is -0.464 e. The second-order valence-electron chi connectivity index (χ2n) is 4.86. The molecule has 0 aliphatic rings. The minimum atomic E-state index is -0.0148. The maximum absolute atomic E-state index is 5.86. The molecule has 0 fully saturated rings. The average molecular weight is 313 g/mol. The number of rotatable bonds is 6. The van der Waals surface area contributed by atoms with E-state index < -0.39 is 0 Å². The van der Waals surface area contributed by atoms with Crippen LogP contribution >= 0.6 is 22.9 Å². The Bertz CT molecular complexity index is 560. The molecule has 2 rings (SSSR count). The zero-order chi connectivity index (χ0) is 14.6. The highest BCUT2D eigenvalue weighted by atomic mass is 35.5. The first-order chi connectivity index (χ1) is 9.51. The van der Waals surface area contributed by atoms with Gasteiger partial charge in [0.15, 0.2) is 0 Å². The lowest BCUT2D eigenvalue weighted by molar-refractivity contribution is 0.312. The van der Waals surface area contributed by atoms with Gasteiger partial charge < -0.3 is 10.1 Å². The van der Waals surface area contributed by atoms with Crippen LogP contribution in [0.25, 0.3) is 0 Å². The lowest BCUT2D eigenvalue weighted by atomic mass is 9.91. The maximum atomic E-state index is 5.86. The standard InChI is InChI=1S/C13H17ClN4OS/c1-4-19-12-17-10(14)16-11(18-12)15-8-13(2,3)9-6-5-7-20-9/h5-7H,4,8H2,1-3H3,(H,15,16,17,18). The van der Waals surface area contributed by atoms with Gasteiger partial charge in [-0.3, -0.25) is 0 Å². The van der Waals surface area contributed by atoms with Crippen LogP contribution in [0.4, 0.5) is 5.95 Å². The summed E-state index contributed by atoms with van der Waals surface area (Å²) in [6, 6.07) is 4.41. The third kappa shape index (κ3) is 3.80. The quantitative estimate of drug-likeness (QED) is 0.886. The van der Waals surface area contributed by atoms with Gasteiger partial charge in [0.05, 0.1) is 6.61 Å². The van der Waals surface area contributed by atoms with Crippen LogP contribution in [-0.4, -0.2) is 28.1 Å². The second-order valence-corrected chi connectivity index (χ2v) is 6.14. The Morgan fingerprint density at radius 2 is 2.15 bits per heavy atom. The van der Waals surface area contributed by atoms with E-state index in [0.29, 0.717) is 19.1 Å². The van der Waals surface area contributed by atoms with E-state index in [1.807, 2.05) is 6.92 Å². The van der Waals surface area contributed by atoms with Crippen LogP contribution < -0.4 is 10.1 Å². The fourth-order valence-corrected chi connectivity index (χ4v) is 2.66. The molecule has 0 spiro atoms. The molecule has 0 radical (unpaired) electrons. The van der Waals surface area contributed by atoms with Gasteiger partial charge in [0.25, 0.3) is 0 Å². The molecule has 0 saturated heterocycles. The Hall–Kier alpha value is -1.40. The van der Waals surface area contributed by atoms with Crippen molar-refractivity contribution in [2.45, 2.75) is 26.2 Å². The summed E-state index contributed by atoms with van der Waals surface area (Å²) in [6.07, 6.45) is 0. The molecule has 20 heavy (non-hydrogen) atoms. The number of hydrogen-bond donors (Lipinski definition) is 1. The number of nitrogens with one attached hydrogen (secondary N) is 1. The van der Waals surface area contributed by atoms with E-state index in [0.717, 1.165) is 0 Å². The van der Waals surface area contributed by atoms with Crippen LogP contribution in [0, 0.1) is 0 Å². The van der Waals surface area contributed by atoms with Crippen molar-refractivity contribution in [2.75, 3.05) is 18.5 Å². The summed E-state index contributed by atoms with van der Waals surface area (Å²) in [5.41, 5.74) is -0.0148. The summed E-state index contributed by atoms with van der Waals surface area (Å²) >= 11 is 7.59. The molecule has 2 aromatic rings. The van der Waals surface area contributed by atoms with Crippen molar-refractivity contribution in [3.63, 3.8) is 0 Å². The summed E-state index contributed by atoms with van der Waals surface area (Å²) in [5.74, 6) is 0.429.